The average Bonchev–Trinajstić information content (AvgIpc) is 2.97. The van der Waals surface area contributed by atoms with Crippen LogP contribution in [0.5, 0.6) is 11.5 Å². The van der Waals surface area contributed by atoms with Gasteiger partial charge in [-0.25, -0.2) is 0 Å². The number of hydrogen-bond donors (Lipinski definition) is 1. The number of hydrogen-bond acceptors (Lipinski definition) is 5. The number of rotatable bonds is 7. The molecule has 8 nitrogen and oxygen atoms in total. The van der Waals surface area contributed by atoms with Gasteiger partial charge < -0.3 is 14.8 Å². The third kappa shape index (κ3) is 4.81. The van der Waals surface area contributed by atoms with Crippen molar-refractivity contribution in [1.29, 1.82) is 0 Å². The summed E-state index contributed by atoms with van der Waals surface area (Å²) in [6.07, 6.45) is 0. The van der Waals surface area contributed by atoms with E-state index in [1.165, 1.54) is 30.7 Å². The lowest BCUT2D eigenvalue weighted by atomic mass is 10.2. The predicted octanol–water partition coefficient (Wildman–Crippen LogP) is 3.01. The molecule has 1 aliphatic heterocycles. The van der Waals surface area contributed by atoms with Gasteiger partial charge in [0.25, 0.3) is 10.2 Å². The van der Waals surface area contributed by atoms with Crippen LogP contribution < -0.4 is 14.8 Å². The fraction of sp³-hybridized carbons (Fsp3) is 0.316. The normalized spacial score (nSPS) is 16.4. The van der Waals surface area contributed by atoms with Crippen LogP contribution in [0.25, 0.3) is 0 Å². The Balaban J connectivity index is 1.69. The smallest absolute Gasteiger partial charge is 0.282 e. The zero-order chi connectivity index (χ0) is 21.9. The molecule has 0 spiro atoms. The number of methoxy groups -OCH3 is 2. The number of anilines is 1. The van der Waals surface area contributed by atoms with E-state index in [1.807, 2.05) is 0 Å². The number of carbonyl (C=O) groups is 1. The van der Waals surface area contributed by atoms with Crippen LogP contribution in [0.1, 0.15) is 5.56 Å². The van der Waals surface area contributed by atoms with Crippen molar-refractivity contribution in [3.05, 3.63) is 52.0 Å². The molecule has 2 aromatic rings. The van der Waals surface area contributed by atoms with E-state index in [4.69, 9.17) is 32.7 Å². The number of nitrogens with one attached hydrogen (secondary N) is 1. The third-order valence-corrected chi connectivity index (χ3v) is 7.22. The highest BCUT2D eigenvalue weighted by Gasteiger charge is 2.37. The highest BCUT2D eigenvalue weighted by molar-refractivity contribution is 7.87. The van der Waals surface area contributed by atoms with Gasteiger partial charge in [-0.2, -0.15) is 17.0 Å². The van der Waals surface area contributed by atoms with Crippen molar-refractivity contribution >= 4 is 45.0 Å². The lowest BCUT2D eigenvalue weighted by Crippen LogP contribution is -2.37. The summed E-state index contributed by atoms with van der Waals surface area (Å²) < 4.78 is 38.4. The van der Waals surface area contributed by atoms with Gasteiger partial charge in [0.05, 0.1) is 31.5 Å². The molecule has 0 saturated carbocycles. The third-order valence-electron chi connectivity index (χ3n) is 4.62. The summed E-state index contributed by atoms with van der Waals surface area (Å²) in [5.41, 5.74) is 1.02. The molecule has 3 rings (SSSR count). The van der Waals surface area contributed by atoms with Crippen molar-refractivity contribution in [2.75, 3.05) is 39.2 Å². The molecule has 1 amide bonds. The van der Waals surface area contributed by atoms with Crippen LogP contribution in [0.2, 0.25) is 10.0 Å². The molecule has 11 heteroatoms. The lowest BCUT2D eigenvalue weighted by Gasteiger charge is -2.19. The Labute approximate surface area is 185 Å². The van der Waals surface area contributed by atoms with Crippen LogP contribution >= 0.6 is 23.2 Å². The quantitative estimate of drug-likeness (QED) is 0.667. The summed E-state index contributed by atoms with van der Waals surface area (Å²) >= 11 is 12.2. The topological polar surface area (TPSA) is 88.2 Å². The summed E-state index contributed by atoms with van der Waals surface area (Å²) in [5, 5.41) is 3.42. The van der Waals surface area contributed by atoms with Crippen molar-refractivity contribution < 1.29 is 22.7 Å². The standard InChI is InChI=1S/C19H21Cl2N3O5S/c1-28-17-10-18(29-2)16(9-15(17)21)22-19(25)12-24-8-7-23(30(24,26)27)11-13-5-3-4-6-14(13)20/h3-6,9-10H,7-8,11-12H2,1-2H3,(H,22,25). The summed E-state index contributed by atoms with van der Waals surface area (Å²) in [5.74, 6) is 0.218. The molecule has 1 heterocycles. The Hall–Kier alpha value is -2.04. The molecule has 0 aliphatic carbocycles. The summed E-state index contributed by atoms with van der Waals surface area (Å²) in [7, 11) is -0.891. The molecule has 0 radical (unpaired) electrons. The molecular formula is C19H21Cl2N3O5S. The molecule has 1 aliphatic rings. The van der Waals surface area contributed by atoms with Crippen molar-refractivity contribution in [1.82, 2.24) is 8.61 Å². The van der Waals surface area contributed by atoms with Crippen molar-refractivity contribution in [3.8, 4) is 11.5 Å². The van der Waals surface area contributed by atoms with Crippen LogP contribution in [-0.4, -0.2) is 56.8 Å². The Kier molecular flexibility index (Phi) is 7.10. The molecule has 1 N–H and O–H groups in total. The van der Waals surface area contributed by atoms with E-state index in [2.05, 4.69) is 5.32 Å². The maximum Gasteiger partial charge on any atom is 0.282 e. The number of halogens is 2. The minimum atomic E-state index is -3.79. The van der Waals surface area contributed by atoms with Gasteiger partial charge in [0, 0.05) is 30.7 Å². The maximum atomic E-state index is 12.8. The van der Waals surface area contributed by atoms with Crippen LogP contribution in [0.3, 0.4) is 0 Å². The molecule has 2 aromatic carbocycles. The summed E-state index contributed by atoms with van der Waals surface area (Å²) in [6, 6.07) is 10.1. The fourth-order valence-electron chi connectivity index (χ4n) is 3.06. The minimum absolute atomic E-state index is 0.141. The number of carbonyl (C=O) groups excluding carboxylic acids is 1. The second kappa shape index (κ2) is 9.40. The van der Waals surface area contributed by atoms with Gasteiger partial charge in [0.2, 0.25) is 5.91 Å². The van der Waals surface area contributed by atoms with Crippen molar-refractivity contribution in [3.63, 3.8) is 0 Å². The fourth-order valence-corrected chi connectivity index (χ4v) is 5.03. The van der Waals surface area contributed by atoms with Crippen molar-refractivity contribution in [2.45, 2.75) is 6.54 Å². The Morgan fingerprint density at radius 1 is 1.03 bits per heavy atom. The van der Waals surface area contributed by atoms with Crippen LogP contribution in [-0.2, 0) is 21.5 Å². The Bertz CT molecular complexity index is 1050. The van der Waals surface area contributed by atoms with Crippen molar-refractivity contribution in [2.24, 2.45) is 0 Å². The minimum Gasteiger partial charge on any atom is -0.495 e. The Morgan fingerprint density at radius 2 is 1.70 bits per heavy atom. The first-order chi connectivity index (χ1) is 14.3. The second-order valence-electron chi connectivity index (χ2n) is 6.50. The SMILES string of the molecule is COc1cc(OC)c(NC(=O)CN2CCN(Cc3ccccc3Cl)S2(=O)=O)cc1Cl. The van der Waals surface area contributed by atoms with Gasteiger partial charge >= 0.3 is 0 Å². The lowest BCUT2D eigenvalue weighted by molar-refractivity contribution is -0.116. The largest absolute Gasteiger partial charge is 0.495 e. The molecule has 1 fully saturated rings. The van der Waals surface area contributed by atoms with Crippen LogP contribution in [0, 0.1) is 0 Å². The van der Waals surface area contributed by atoms with Gasteiger partial charge in [-0.1, -0.05) is 41.4 Å². The highest BCUT2D eigenvalue weighted by Crippen LogP contribution is 2.36. The average molecular weight is 474 g/mol. The van der Waals surface area contributed by atoms with Crippen LogP contribution in [0.4, 0.5) is 5.69 Å². The van der Waals surface area contributed by atoms with E-state index in [1.54, 1.807) is 24.3 Å². The number of amides is 1. The van der Waals surface area contributed by atoms with E-state index >= 15 is 0 Å². The number of nitrogens with zero attached hydrogens (tertiary/aromatic N) is 2. The molecule has 0 bridgehead atoms. The van der Waals surface area contributed by atoms with E-state index in [0.29, 0.717) is 27.8 Å². The van der Waals surface area contributed by atoms with E-state index < -0.39 is 16.1 Å². The maximum absolute atomic E-state index is 12.8. The van der Waals surface area contributed by atoms with Crippen LogP contribution in [0.15, 0.2) is 36.4 Å². The predicted molar refractivity (Wildman–Crippen MR) is 116 cm³/mol. The molecular weight excluding hydrogens is 453 g/mol. The van der Waals surface area contributed by atoms with Gasteiger partial charge in [-0.3, -0.25) is 4.79 Å². The summed E-state index contributed by atoms with van der Waals surface area (Å²) in [4.78, 5) is 12.5. The first-order valence-electron chi connectivity index (χ1n) is 8.96. The molecule has 30 heavy (non-hydrogen) atoms. The van der Waals surface area contributed by atoms with Gasteiger partial charge in [-0.15, -0.1) is 0 Å². The second-order valence-corrected chi connectivity index (χ2v) is 9.24. The first-order valence-corrected chi connectivity index (χ1v) is 11.1. The Morgan fingerprint density at radius 3 is 2.37 bits per heavy atom. The molecule has 162 valence electrons. The number of benzene rings is 2. The van der Waals surface area contributed by atoms with Gasteiger partial charge in [-0.05, 0) is 17.7 Å². The zero-order valence-corrected chi connectivity index (χ0v) is 18.7. The summed E-state index contributed by atoms with van der Waals surface area (Å²) in [6.45, 7) is 0.259. The zero-order valence-electron chi connectivity index (χ0n) is 16.4. The number of ether oxygens (including phenoxy) is 2. The van der Waals surface area contributed by atoms with Gasteiger partial charge in [0.1, 0.15) is 11.5 Å². The molecule has 0 atom stereocenters. The van der Waals surface area contributed by atoms with E-state index in [-0.39, 0.29) is 31.2 Å². The van der Waals surface area contributed by atoms with E-state index in [9.17, 15) is 13.2 Å². The highest BCUT2D eigenvalue weighted by atomic mass is 35.5. The first kappa shape index (κ1) is 22.6. The monoisotopic (exact) mass is 473 g/mol. The molecule has 1 saturated heterocycles. The van der Waals surface area contributed by atoms with Gasteiger partial charge in [0.15, 0.2) is 0 Å². The van der Waals surface area contributed by atoms with E-state index in [0.717, 1.165) is 4.31 Å². The molecule has 0 aromatic heterocycles. The molecule has 0 unspecified atom stereocenters.